The second-order valence-electron chi connectivity index (χ2n) is 6.94. The zero-order valence-corrected chi connectivity index (χ0v) is 18.5. The summed E-state index contributed by atoms with van der Waals surface area (Å²) in [5, 5.41) is 15.4. The molecule has 0 fully saturated rings. The monoisotopic (exact) mass is 442 g/mol. The van der Waals surface area contributed by atoms with Gasteiger partial charge in [0.2, 0.25) is 17.8 Å². The van der Waals surface area contributed by atoms with Crippen LogP contribution in [-0.4, -0.2) is 28.7 Å². The van der Waals surface area contributed by atoms with Crippen LogP contribution in [0.15, 0.2) is 40.7 Å². The second-order valence-corrected chi connectivity index (χ2v) is 9.14. The van der Waals surface area contributed by atoms with E-state index in [0.29, 0.717) is 10.9 Å². The van der Waals surface area contributed by atoms with Gasteiger partial charge in [-0.15, -0.1) is 10.2 Å². The van der Waals surface area contributed by atoms with Gasteiger partial charge in [-0.2, -0.15) is 0 Å². The van der Waals surface area contributed by atoms with Gasteiger partial charge in [-0.1, -0.05) is 41.3 Å². The Kier molecular flexibility index (Phi) is 6.10. The molecular weight excluding hydrogens is 420 g/mol. The van der Waals surface area contributed by atoms with Crippen LogP contribution in [0.1, 0.15) is 29.7 Å². The van der Waals surface area contributed by atoms with Crippen LogP contribution in [-0.2, 0) is 4.79 Å². The second kappa shape index (κ2) is 8.93. The summed E-state index contributed by atoms with van der Waals surface area (Å²) in [6.45, 7) is 6.32. The lowest BCUT2D eigenvalue weighted by atomic mass is 10.1. The van der Waals surface area contributed by atoms with Gasteiger partial charge in [-0.25, -0.2) is 0 Å². The van der Waals surface area contributed by atoms with Crippen LogP contribution < -0.4 is 20.1 Å². The van der Waals surface area contributed by atoms with E-state index in [1.165, 1.54) is 34.2 Å². The molecule has 3 aromatic rings. The summed E-state index contributed by atoms with van der Waals surface area (Å²) in [7, 11) is 0. The maximum atomic E-state index is 12.4. The van der Waals surface area contributed by atoms with Crippen molar-refractivity contribution in [3.63, 3.8) is 0 Å². The van der Waals surface area contributed by atoms with E-state index in [2.05, 4.69) is 40.7 Å². The van der Waals surface area contributed by atoms with Crippen LogP contribution in [0.3, 0.4) is 0 Å². The van der Waals surface area contributed by atoms with Gasteiger partial charge >= 0.3 is 0 Å². The first kappa shape index (κ1) is 20.5. The van der Waals surface area contributed by atoms with Gasteiger partial charge in [-0.3, -0.25) is 4.79 Å². The van der Waals surface area contributed by atoms with E-state index in [1.54, 1.807) is 0 Å². The number of aromatic nitrogens is 2. The number of fused-ring (bicyclic) bond motifs is 1. The van der Waals surface area contributed by atoms with Crippen molar-refractivity contribution in [1.29, 1.82) is 0 Å². The molecule has 0 spiro atoms. The van der Waals surface area contributed by atoms with E-state index in [1.807, 2.05) is 37.3 Å². The number of aryl methyl sites for hydroxylation is 1. The van der Waals surface area contributed by atoms with Crippen molar-refractivity contribution in [2.75, 3.05) is 17.9 Å². The summed E-state index contributed by atoms with van der Waals surface area (Å²) in [6.07, 6.45) is 0. The minimum Gasteiger partial charge on any atom is -0.454 e. The Balaban J connectivity index is 1.29. The molecule has 2 aromatic carbocycles. The van der Waals surface area contributed by atoms with Crippen LogP contribution in [0.25, 0.3) is 0 Å². The summed E-state index contributed by atoms with van der Waals surface area (Å²) in [5.41, 5.74) is 4.37. The summed E-state index contributed by atoms with van der Waals surface area (Å²) < 4.78 is 11.5. The highest BCUT2D eigenvalue weighted by atomic mass is 32.2. The molecule has 0 saturated carbocycles. The predicted octanol–water partition coefficient (Wildman–Crippen LogP) is 4.60. The molecular formula is C21H22N4O3S2. The largest absolute Gasteiger partial charge is 0.454 e. The number of ether oxygens (including phenoxy) is 2. The zero-order valence-electron chi connectivity index (χ0n) is 16.9. The number of carbonyl (C=O) groups excluding carboxylic acids is 1. The summed E-state index contributed by atoms with van der Waals surface area (Å²) in [4.78, 5) is 12.4. The van der Waals surface area contributed by atoms with E-state index >= 15 is 0 Å². The Morgan fingerprint density at radius 1 is 1.20 bits per heavy atom. The number of carbonyl (C=O) groups is 1. The normalized spacial score (nSPS) is 13.2. The molecule has 156 valence electrons. The molecule has 1 aliphatic rings. The minimum atomic E-state index is -0.136. The van der Waals surface area contributed by atoms with E-state index in [9.17, 15) is 4.79 Å². The van der Waals surface area contributed by atoms with Gasteiger partial charge in [0.05, 0.1) is 11.8 Å². The number of hydrogen-bond acceptors (Lipinski definition) is 8. The quantitative estimate of drug-likeness (QED) is 0.517. The fraction of sp³-hybridized carbons (Fsp3) is 0.286. The van der Waals surface area contributed by atoms with E-state index < -0.39 is 0 Å². The number of amides is 1. The van der Waals surface area contributed by atoms with Gasteiger partial charge < -0.3 is 20.1 Å². The number of thioether (sulfide) groups is 1. The zero-order chi connectivity index (χ0) is 21.1. The SMILES string of the molecule is Cc1cccc(Nc2nnc(SCC(=O)NC(C)c3ccc4c(c3)OCO4)s2)c1C. The Hall–Kier alpha value is -2.78. The Labute approximate surface area is 183 Å². The Morgan fingerprint density at radius 2 is 2.03 bits per heavy atom. The highest BCUT2D eigenvalue weighted by Crippen LogP contribution is 2.34. The van der Waals surface area contributed by atoms with Gasteiger partial charge in [-0.05, 0) is 55.7 Å². The molecule has 1 atom stereocenters. The van der Waals surface area contributed by atoms with Crippen molar-refractivity contribution in [1.82, 2.24) is 15.5 Å². The van der Waals surface area contributed by atoms with Gasteiger partial charge in [0.25, 0.3) is 0 Å². The minimum absolute atomic E-state index is 0.0654. The fourth-order valence-electron chi connectivity index (χ4n) is 3.00. The van der Waals surface area contributed by atoms with Crippen LogP contribution in [0.5, 0.6) is 11.5 Å². The Bertz CT molecular complexity index is 1070. The summed E-state index contributed by atoms with van der Waals surface area (Å²) in [6, 6.07) is 11.7. The highest BCUT2D eigenvalue weighted by Gasteiger charge is 2.17. The first-order valence-corrected chi connectivity index (χ1v) is 11.3. The molecule has 0 aliphatic carbocycles. The van der Waals surface area contributed by atoms with Crippen molar-refractivity contribution >= 4 is 39.8 Å². The van der Waals surface area contributed by atoms with E-state index in [4.69, 9.17) is 9.47 Å². The van der Waals surface area contributed by atoms with Crippen molar-refractivity contribution < 1.29 is 14.3 Å². The third kappa shape index (κ3) is 4.68. The number of benzene rings is 2. The van der Waals surface area contributed by atoms with E-state index in [0.717, 1.165) is 21.3 Å². The first-order valence-electron chi connectivity index (χ1n) is 9.48. The van der Waals surface area contributed by atoms with Crippen molar-refractivity contribution in [2.45, 2.75) is 31.2 Å². The molecule has 30 heavy (non-hydrogen) atoms. The molecule has 2 N–H and O–H groups in total. The third-order valence-electron chi connectivity index (χ3n) is 4.85. The van der Waals surface area contributed by atoms with Gasteiger partial charge in [0.15, 0.2) is 15.8 Å². The number of anilines is 2. The van der Waals surface area contributed by atoms with Gasteiger partial charge in [0, 0.05) is 5.69 Å². The molecule has 1 aliphatic heterocycles. The first-order chi connectivity index (χ1) is 14.5. The molecule has 9 heteroatoms. The maximum Gasteiger partial charge on any atom is 0.231 e. The number of nitrogens with one attached hydrogen (secondary N) is 2. The maximum absolute atomic E-state index is 12.4. The summed E-state index contributed by atoms with van der Waals surface area (Å²) in [5.74, 6) is 1.65. The lowest BCUT2D eigenvalue weighted by Crippen LogP contribution is -2.28. The molecule has 1 aromatic heterocycles. The fourth-order valence-corrected chi connectivity index (χ4v) is 4.57. The average molecular weight is 443 g/mol. The van der Waals surface area contributed by atoms with Crippen LogP contribution in [0, 0.1) is 13.8 Å². The smallest absolute Gasteiger partial charge is 0.231 e. The van der Waals surface area contributed by atoms with Crippen LogP contribution in [0.2, 0.25) is 0 Å². The molecule has 4 rings (SSSR count). The standard InChI is InChI=1S/C21H22N4O3S2/c1-12-5-4-6-16(13(12)2)23-20-24-25-21(30-20)29-10-19(26)22-14(3)15-7-8-17-18(9-15)28-11-27-17/h4-9,14H,10-11H2,1-3H3,(H,22,26)(H,23,24). The topological polar surface area (TPSA) is 85.4 Å². The summed E-state index contributed by atoms with van der Waals surface area (Å²) >= 11 is 2.80. The highest BCUT2D eigenvalue weighted by molar-refractivity contribution is 8.01. The molecule has 0 radical (unpaired) electrons. The number of hydrogen-bond donors (Lipinski definition) is 2. The lowest BCUT2D eigenvalue weighted by Gasteiger charge is -2.14. The van der Waals surface area contributed by atoms with Crippen molar-refractivity contribution in [3.8, 4) is 11.5 Å². The third-order valence-corrected chi connectivity index (χ3v) is 6.83. The lowest BCUT2D eigenvalue weighted by molar-refractivity contribution is -0.119. The van der Waals surface area contributed by atoms with Crippen LogP contribution in [0.4, 0.5) is 10.8 Å². The van der Waals surface area contributed by atoms with Crippen molar-refractivity contribution in [3.05, 3.63) is 53.1 Å². The predicted molar refractivity (Wildman–Crippen MR) is 119 cm³/mol. The van der Waals surface area contributed by atoms with Crippen LogP contribution >= 0.6 is 23.1 Å². The van der Waals surface area contributed by atoms with Gasteiger partial charge in [0.1, 0.15) is 0 Å². The average Bonchev–Trinajstić information content (AvgIpc) is 3.38. The Morgan fingerprint density at radius 3 is 2.90 bits per heavy atom. The molecule has 0 bridgehead atoms. The molecule has 1 unspecified atom stereocenters. The number of nitrogens with zero attached hydrogens (tertiary/aromatic N) is 2. The molecule has 1 amide bonds. The molecule has 7 nitrogen and oxygen atoms in total. The van der Waals surface area contributed by atoms with Crippen molar-refractivity contribution in [2.24, 2.45) is 0 Å². The molecule has 2 heterocycles. The number of rotatable bonds is 7. The molecule has 0 saturated heterocycles. The van der Waals surface area contributed by atoms with E-state index in [-0.39, 0.29) is 24.5 Å².